The Balaban J connectivity index is 1.40. The molecule has 2 aromatic carbocycles. The van der Waals surface area contributed by atoms with Crippen molar-refractivity contribution in [2.45, 2.75) is 12.8 Å². The van der Waals surface area contributed by atoms with Crippen molar-refractivity contribution in [3.05, 3.63) is 67.0 Å². The second-order valence-corrected chi connectivity index (χ2v) is 9.71. The lowest BCUT2D eigenvalue weighted by molar-refractivity contribution is -0.111. The Morgan fingerprint density at radius 3 is 2.75 bits per heavy atom. The van der Waals surface area contributed by atoms with Crippen molar-refractivity contribution in [2.24, 2.45) is 7.05 Å². The van der Waals surface area contributed by atoms with Gasteiger partial charge in [-0.2, -0.15) is 0 Å². The monoisotopic (exact) mass is 541 g/mol. The van der Waals surface area contributed by atoms with Crippen LogP contribution in [-0.2, 0) is 11.8 Å². The van der Waals surface area contributed by atoms with Crippen molar-refractivity contribution in [1.29, 1.82) is 0 Å². The summed E-state index contributed by atoms with van der Waals surface area (Å²) in [7, 11) is 3.59. The Kier molecular flexibility index (Phi) is 8.58. The van der Waals surface area contributed by atoms with Gasteiger partial charge in [0.15, 0.2) is 0 Å². The average Bonchev–Trinajstić information content (AvgIpc) is 3.61. The molecular formula is C30H35N7O3. The molecule has 0 aliphatic carbocycles. The van der Waals surface area contributed by atoms with Gasteiger partial charge in [0, 0.05) is 61.1 Å². The third kappa shape index (κ3) is 6.24. The fourth-order valence-corrected chi connectivity index (χ4v) is 4.97. The van der Waals surface area contributed by atoms with Crippen LogP contribution in [0.3, 0.4) is 0 Å². The number of hydrogen-bond donors (Lipinski definition) is 4. The van der Waals surface area contributed by atoms with E-state index in [9.17, 15) is 9.90 Å². The van der Waals surface area contributed by atoms with Crippen molar-refractivity contribution < 1.29 is 14.6 Å². The summed E-state index contributed by atoms with van der Waals surface area (Å²) in [4.78, 5) is 24.3. The first-order valence-corrected chi connectivity index (χ1v) is 13.5. The molecule has 1 fully saturated rings. The molecule has 10 nitrogen and oxygen atoms in total. The molecule has 0 unspecified atom stereocenters. The highest BCUT2D eigenvalue weighted by Gasteiger charge is 2.15. The van der Waals surface area contributed by atoms with E-state index in [1.165, 1.54) is 12.8 Å². The molecule has 0 atom stereocenters. The minimum absolute atomic E-state index is 0.0553. The first kappa shape index (κ1) is 27.2. The normalized spacial score (nSPS) is 13.7. The number of likely N-dealkylation sites (tertiary alicyclic amines) is 1. The van der Waals surface area contributed by atoms with Gasteiger partial charge in [-0.05, 0) is 44.1 Å². The van der Waals surface area contributed by atoms with Gasteiger partial charge in [-0.3, -0.25) is 9.69 Å². The van der Waals surface area contributed by atoms with E-state index in [2.05, 4.69) is 48.7 Å². The van der Waals surface area contributed by atoms with E-state index in [0.29, 0.717) is 35.3 Å². The summed E-state index contributed by atoms with van der Waals surface area (Å²) in [6, 6.07) is 13.6. The van der Waals surface area contributed by atoms with E-state index in [0.717, 1.165) is 41.8 Å². The number of nitrogens with zero attached hydrogens (tertiary/aromatic N) is 4. The highest BCUT2D eigenvalue weighted by Crippen LogP contribution is 2.37. The molecular weight excluding hydrogens is 506 g/mol. The van der Waals surface area contributed by atoms with Crippen LogP contribution in [0.2, 0.25) is 0 Å². The predicted octanol–water partition coefficient (Wildman–Crippen LogP) is 4.38. The first-order valence-electron chi connectivity index (χ1n) is 13.5. The van der Waals surface area contributed by atoms with Crippen molar-refractivity contribution in [2.75, 3.05) is 55.8 Å². The molecule has 0 radical (unpaired) electrons. The predicted molar refractivity (Wildman–Crippen MR) is 159 cm³/mol. The zero-order valence-corrected chi connectivity index (χ0v) is 22.9. The first-order chi connectivity index (χ1) is 19.6. The Morgan fingerprint density at radius 1 is 1.12 bits per heavy atom. The molecule has 5 rings (SSSR count). The summed E-state index contributed by atoms with van der Waals surface area (Å²) < 4.78 is 7.72. The van der Waals surface area contributed by atoms with Crippen LogP contribution in [0.25, 0.3) is 22.2 Å². The van der Waals surface area contributed by atoms with E-state index >= 15 is 0 Å². The molecule has 0 spiro atoms. The molecule has 4 N–H and O–H groups in total. The van der Waals surface area contributed by atoms with E-state index < -0.39 is 0 Å². The number of aliphatic hydroxyl groups excluding tert-OH is 1. The Labute approximate surface area is 233 Å². The number of fused-ring (bicyclic) bond motifs is 1. The number of carbonyl (C=O) groups excluding carboxylic acids is 1. The number of ether oxygens (including phenoxy) is 1. The van der Waals surface area contributed by atoms with Crippen LogP contribution in [-0.4, -0.2) is 70.3 Å². The summed E-state index contributed by atoms with van der Waals surface area (Å²) >= 11 is 0. The zero-order valence-electron chi connectivity index (χ0n) is 22.9. The van der Waals surface area contributed by atoms with E-state index in [-0.39, 0.29) is 12.5 Å². The molecule has 1 saturated heterocycles. The van der Waals surface area contributed by atoms with Crippen LogP contribution < -0.4 is 20.7 Å². The fourth-order valence-electron chi connectivity index (χ4n) is 4.97. The number of aromatic nitrogens is 3. The largest absolute Gasteiger partial charge is 0.494 e. The molecule has 40 heavy (non-hydrogen) atoms. The van der Waals surface area contributed by atoms with Crippen molar-refractivity contribution >= 4 is 39.8 Å². The zero-order chi connectivity index (χ0) is 27.9. The maximum absolute atomic E-state index is 12.8. The van der Waals surface area contributed by atoms with Crippen LogP contribution in [0.4, 0.5) is 23.0 Å². The van der Waals surface area contributed by atoms with Gasteiger partial charge in [0.25, 0.3) is 0 Å². The van der Waals surface area contributed by atoms with Crippen LogP contribution in [0.5, 0.6) is 5.75 Å². The molecule has 3 heterocycles. The number of aryl methyl sites for hydroxylation is 1. The number of methoxy groups -OCH3 is 1. The number of amides is 1. The standard InChI is InChI=1S/C30H35N7O3/c1-36-20-22(21-8-3-4-9-27(21)36)23-11-12-32-30(34-23)35-26-18-25(24(31-13-17-38)19-28(26)40-2)33-29(39)10-7-16-37-14-5-6-15-37/h3-4,7-12,18-20,31,38H,5-6,13-17H2,1-2H3,(H,33,39)(H,32,34,35)/b10-7+. The number of carbonyl (C=O) groups is 1. The molecule has 0 bridgehead atoms. The van der Waals surface area contributed by atoms with Crippen molar-refractivity contribution in [3.8, 4) is 17.0 Å². The molecule has 4 aromatic rings. The average molecular weight is 542 g/mol. The highest BCUT2D eigenvalue weighted by molar-refractivity contribution is 6.02. The van der Waals surface area contributed by atoms with Gasteiger partial charge >= 0.3 is 0 Å². The van der Waals surface area contributed by atoms with Crippen LogP contribution in [0, 0.1) is 0 Å². The van der Waals surface area contributed by atoms with E-state index in [4.69, 9.17) is 9.72 Å². The van der Waals surface area contributed by atoms with Gasteiger partial charge in [-0.25, -0.2) is 9.97 Å². The minimum Gasteiger partial charge on any atom is -0.494 e. The summed E-state index contributed by atoms with van der Waals surface area (Å²) in [5.41, 5.74) is 4.66. The van der Waals surface area contributed by atoms with Crippen molar-refractivity contribution in [3.63, 3.8) is 0 Å². The van der Waals surface area contributed by atoms with Gasteiger partial charge in [0.05, 0.1) is 36.5 Å². The number of para-hydroxylation sites is 1. The topological polar surface area (TPSA) is 117 Å². The maximum atomic E-state index is 12.8. The van der Waals surface area contributed by atoms with Crippen LogP contribution >= 0.6 is 0 Å². The quantitative estimate of drug-likeness (QED) is 0.207. The number of anilines is 4. The Bertz CT molecular complexity index is 1510. The lowest BCUT2D eigenvalue weighted by Crippen LogP contribution is -2.19. The third-order valence-electron chi connectivity index (χ3n) is 6.93. The molecule has 208 valence electrons. The van der Waals surface area contributed by atoms with E-state index in [1.807, 2.05) is 31.3 Å². The van der Waals surface area contributed by atoms with Gasteiger partial charge in [0.1, 0.15) is 5.75 Å². The Morgan fingerprint density at radius 2 is 1.95 bits per heavy atom. The maximum Gasteiger partial charge on any atom is 0.248 e. The van der Waals surface area contributed by atoms with Gasteiger partial charge in [-0.15, -0.1) is 0 Å². The summed E-state index contributed by atoms with van der Waals surface area (Å²) in [6.07, 6.45) is 9.62. The van der Waals surface area contributed by atoms with Crippen LogP contribution in [0.15, 0.2) is 67.0 Å². The molecule has 1 aliphatic rings. The summed E-state index contributed by atoms with van der Waals surface area (Å²) in [5, 5.41) is 19.8. The lowest BCUT2D eigenvalue weighted by Gasteiger charge is -2.17. The second-order valence-electron chi connectivity index (χ2n) is 9.71. The molecule has 10 heteroatoms. The molecule has 2 aromatic heterocycles. The molecule has 0 saturated carbocycles. The summed E-state index contributed by atoms with van der Waals surface area (Å²) in [5.74, 6) is 0.682. The minimum atomic E-state index is -0.239. The number of benzene rings is 2. The van der Waals surface area contributed by atoms with Gasteiger partial charge in [-0.1, -0.05) is 24.3 Å². The van der Waals surface area contributed by atoms with Gasteiger partial charge in [0.2, 0.25) is 11.9 Å². The van der Waals surface area contributed by atoms with Crippen molar-refractivity contribution in [1.82, 2.24) is 19.4 Å². The number of rotatable bonds is 11. The van der Waals surface area contributed by atoms with E-state index in [1.54, 1.807) is 31.5 Å². The highest BCUT2D eigenvalue weighted by atomic mass is 16.5. The number of hydrogen-bond acceptors (Lipinski definition) is 8. The van der Waals surface area contributed by atoms with Crippen LogP contribution in [0.1, 0.15) is 12.8 Å². The number of nitrogens with one attached hydrogen (secondary N) is 3. The van der Waals surface area contributed by atoms with Gasteiger partial charge < -0.3 is 30.4 Å². The summed E-state index contributed by atoms with van der Waals surface area (Å²) in [6.45, 7) is 3.15. The molecule has 1 aliphatic heterocycles. The fraction of sp³-hybridized carbons (Fsp3) is 0.300. The lowest BCUT2D eigenvalue weighted by atomic mass is 10.1. The molecule has 1 amide bonds. The smallest absolute Gasteiger partial charge is 0.248 e. The number of aliphatic hydroxyl groups is 1. The third-order valence-corrected chi connectivity index (χ3v) is 6.93. The second kappa shape index (κ2) is 12.6. The Hall–Kier alpha value is -4.41. The SMILES string of the molecule is COc1cc(NCCO)c(NC(=O)/C=C/CN2CCCC2)cc1Nc1nccc(-c2cn(C)c3ccccc23)n1.